The molecule has 0 aromatic heterocycles. The SMILES string of the molecule is CCN1C(=O)COc2cc(NC(=O)NCCN3CCCC[C@H]3CO)ccc21. The van der Waals surface area contributed by atoms with Gasteiger partial charge in [0, 0.05) is 37.4 Å². The predicted octanol–water partition coefficient (Wildman–Crippen LogP) is 1.40. The number of rotatable bonds is 6. The summed E-state index contributed by atoms with van der Waals surface area (Å²) in [6, 6.07) is 5.19. The largest absolute Gasteiger partial charge is 0.481 e. The van der Waals surface area contributed by atoms with Crippen LogP contribution in [-0.2, 0) is 4.79 Å². The maximum Gasteiger partial charge on any atom is 0.319 e. The van der Waals surface area contributed by atoms with Crippen LogP contribution in [0.15, 0.2) is 18.2 Å². The van der Waals surface area contributed by atoms with Crippen molar-refractivity contribution in [3.05, 3.63) is 18.2 Å². The average molecular weight is 376 g/mol. The number of benzene rings is 1. The van der Waals surface area contributed by atoms with Crippen molar-refractivity contribution in [3.8, 4) is 5.75 Å². The molecule has 0 bridgehead atoms. The quantitative estimate of drug-likeness (QED) is 0.698. The Kier molecular flexibility index (Phi) is 6.52. The molecule has 148 valence electrons. The second-order valence-corrected chi connectivity index (χ2v) is 6.86. The number of nitrogens with zero attached hydrogens (tertiary/aromatic N) is 2. The zero-order chi connectivity index (χ0) is 19.2. The van der Waals surface area contributed by atoms with E-state index in [-0.39, 0.29) is 31.2 Å². The van der Waals surface area contributed by atoms with Gasteiger partial charge in [-0.05, 0) is 38.4 Å². The molecule has 1 fully saturated rings. The number of likely N-dealkylation sites (N-methyl/N-ethyl adjacent to an activating group) is 1. The molecule has 0 unspecified atom stereocenters. The maximum atomic E-state index is 12.2. The number of aliphatic hydroxyl groups is 1. The van der Waals surface area contributed by atoms with Crippen LogP contribution in [0.2, 0.25) is 0 Å². The number of anilines is 2. The van der Waals surface area contributed by atoms with E-state index in [1.54, 1.807) is 23.1 Å². The van der Waals surface area contributed by atoms with Crippen molar-refractivity contribution >= 4 is 23.3 Å². The van der Waals surface area contributed by atoms with Crippen molar-refractivity contribution < 1.29 is 19.4 Å². The van der Waals surface area contributed by atoms with E-state index in [9.17, 15) is 14.7 Å². The Morgan fingerprint density at radius 3 is 3.00 bits per heavy atom. The number of amides is 3. The van der Waals surface area contributed by atoms with Gasteiger partial charge in [0.15, 0.2) is 6.61 Å². The van der Waals surface area contributed by atoms with Crippen molar-refractivity contribution in [2.24, 2.45) is 0 Å². The van der Waals surface area contributed by atoms with E-state index in [0.29, 0.717) is 24.5 Å². The van der Waals surface area contributed by atoms with Crippen molar-refractivity contribution in [2.45, 2.75) is 32.2 Å². The maximum absolute atomic E-state index is 12.2. The highest BCUT2D eigenvalue weighted by molar-refractivity contribution is 5.98. The lowest BCUT2D eigenvalue weighted by Gasteiger charge is -2.34. The zero-order valence-electron chi connectivity index (χ0n) is 15.7. The summed E-state index contributed by atoms with van der Waals surface area (Å²) in [6.07, 6.45) is 3.29. The lowest BCUT2D eigenvalue weighted by atomic mass is 10.0. The molecular formula is C19H28N4O4. The Bertz CT molecular complexity index is 682. The number of carbonyl (C=O) groups is 2. The van der Waals surface area contributed by atoms with Crippen LogP contribution in [-0.4, -0.2) is 67.4 Å². The molecule has 1 saturated heterocycles. The molecule has 2 heterocycles. The molecule has 2 aliphatic heterocycles. The molecule has 8 nitrogen and oxygen atoms in total. The van der Waals surface area contributed by atoms with Crippen molar-refractivity contribution in [1.82, 2.24) is 10.2 Å². The topological polar surface area (TPSA) is 94.1 Å². The first-order valence-corrected chi connectivity index (χ1v) is 9.59. The molecule has 0 spiro atoms. The summed E-state index contributed by atoms with van der Waals surface area (Å²) in [6.45, 7) is 4.87. The molecule has 0 radical (unpaired) electrons. The zero-order valence-corrected chi connectivity index (χ0v) is 15.7. The van der Waals surface area contributed by atoms with Gasteiger partial charge in [-0.15, -0.1) is 0 Å². The minimum atomic E-state index is -0.285. The molecule has 3 amide bonds. The Balaban J connectivity index is 1.50. The summed E-state index contributed by atoms with van der Waals surface area (Å²) in [7, 11) is 0. The molecule has 1 aromatic rings. The fourth-order valence-corrected chi connectivity index (χ4v) is 3.68. The minimum Gasteiger partial charge on any atom is -0.481 e. The molecule has 1 atom stereocenters. The van der Waals surface area contributed by atoms with E-state index in [1.165, 1.54) is 0 Å². The Labute approximate surface area is 159 Å². The minimum absolute atomic E-state index is 0.0123. The summed E-state index contributed by atoms with van der Waals surface area (Å²) in [4.78, 5) is 27.9. The second-order valence-electron chi connectivity index (χ2n) is 6.86. The monoisotopic (exact) mass is 376 g/mol. The number of hydrogen-bond donors (Lipinski definition) is 3. The number of carbonyl (C=O) groups excluding carboxylic acids is 2. The number of likely N-dealkylation sites (tertiary alicyclic amines) is 1. The highest BCUT2D eigenvalue weighted by Gasteiger charge is 2.24. The third kappa shape index (κ3) is 4.70. The number of aliphatic hydroxyl groups excluding tert-OH is 1. The van der Waals surface area contributed by atoms with Crippen molar-refractivity contribution in [3.63, 3.8) is 0 Å². The Morgan fingerprint density at radius 2 is 2.22 bits per heavy atom. The average Bonchev–Trinajstić information content (AvgIpc) is 2.68. The third-order valence-corrected chi connectivity index (χ3v) is 5.12. The van der Waals surface area contributed by atoms with E-state index < -0.39 is 0 Å². The normalized spacial score (nSPS) is 20.0. The summed E-state index contributed by atoms with van der Waals surface area (Å²) < 4.78 is 5.48. The van der Waals surface area contributed by atoms with E-state index in [4.69, 9.17) is 4.74 Å². The van der Waals surface area contributed by atoms with Gasteiger partial charge in [-0.3, -0.25) is 9.69 Å². The van der Waals surface area contributed by atoms with Crippen LogP contribution in [0, 0.1) is 0 Å². The number of nitrogens with one attached hydrogen (secondary N) is 2. The molecule has 2 aliphatic rings. The van der Waals surface area contributed by atoms with Crippen LogP contribution in [0.4, 0.5) is 16.2 Å². The summed E-state index contributed by atoms with van der Waals surface area (Å²) >= 11 is 0. The van der Waals surface area contributed by atoms with Crippen LogP contribution >= 0.6 is 0 Å². The molecule has 27 heavy (non-hydrogen) atoms. The first-order valence-electron chi connectivity index (χ1n) is 9.59. The van der Waals surface area contributed by atoms with Gasteiger partial charge in [0.05, 0.1) is 12.3 Å². The lowest BCUT2D eigenvalue weighted by molar-refractivity contribution is -0.121. The van der Waals surface area contributed by atoms with E-state index in [2.05, 4.69) is 15.5 Å². The van der Waals surface area contributed by atoms with Gasteiger partial charge in [0.2, 0.25) is 0 Å². The fraction of sp³-hybridized carbons (Fsp3) is 0.579. The van der Waals surface area contributed by atoms with Gasteiger partial charge in [0.25, 0.3) is 5.91 Å². The first-order chi connectivity index (χ1) is 13.1. The molecule has 0 saturated carbocycles. The standard InChI is InChI=1S/C19H28N4O4/c1-2-23-16-7-6-14(11-17(16)27-13-18(23)25)21-19(26)20-8-10-22-9-4-3-5-15(22)12-24/h6-7,11,15,24H,2-5,8-10,12-13H2,1H3,(H2,20,21,26)/t15-/m0/s1. The Hall–Kier alpha value is -2.32. The molecule has 8 heteroatoms. The number of hydrogen-bond acceptors (Lipinski definition) is 5. The predicted molar refractivity (Wildman–Crippen MR) is 103 cm³/mol. The van der Waals surface area contributed by atoms with Crippen LogP contribution in [0.3, 0.4) is 0 Å². The number of fused-ring (bicyclic) bond motifs is 1. The summed E-state index contributed by atoms with van der Waals surface area (Å²) in [5.74, 6) is 0.524. The van der Waals surface area contributed by atoms with E-state index >= 15 is 0 Å². The van der Waals surface area contributed by atoms with Gasteiger partial charge in [-0.2, -0.15) is 0 Å². The van der Waals surface area contributed by atoms with Crippen LogP contribution in [0.25, 0.3) is 0 Å². The Morgan fingerprint density at radius 1 is 1.37 bits per heavy atom. The number of piperidine rings is 1. The van der Waals surface area contributed by atoms with Gasteiger partial charge in [0.1, 0.15) is 5.75 Å². The van der Waals surface area contributed by atoms with Crippen LogP contribution in [0.1, 0.15) is 26.2 Å². The van der Waals surface area contributed by atoms with Crippen LogP contribution < -0.4 is 20.3 Å². The van der Waals surface area contributed by atoms with E-state index in [0.717, 1.165) is 38.0 Å². The molecule has 0 aliphatic carbocycles. The van der Waals surface area contributed by atoms with Crippen molar-refractivity contribution in [2.75, 3.05) is 49.6 Å². The third-order valence-electron chi connectivity index (χ3n) is 5.12. The smallest absolute Gasteiger partial charge is 0.319 e. The molecule has 1 aromatic carbocycles. The van der Waals surface area contributed by atoms with Gasteiger partial charge < -0.3 is 25.4 Å². The highest BCUT2D eigenvalue weighted by atomic mass is 16.5. The molecule has 3 N–H and O–H groups in total. The van der Waals surface area contributed by atoms with Gasteiger partial charge >= 0.3 is 6.03 Å². The first kappa shape index (κ1) is 19.4. The molecule has 3 rings (SSSR count). The number of ether oxygens (including phenoxy) is 1. The van der Waals surface area contributed by atoms with Crippen LogP contribution in [0.5, 0.6) is 5.75 Å². The molecular weight excluding hydrogens is 348 g/mol. The van der Waals surface area contributed by atoms with Gasteiger partial charge in [-0.1, -0.05) is 6.42 Å². The van der Waals surface area contributed by atoms with Gasteiger partial charge in [-0.25, -0.2) is 4.79 Å². The van der Waals surface area contributed by atoms with Crippen molar-refractivity contribution in [1.29, 1.82) is 0 Å². The summed E-state index contributed by atoms with van der Waals surface area (Å²) in [5, 5.41) is 15.1. The second kappa shape index (κ2) is 9.05. The van der Waals surface area contributed by atoms with E-state index in [1.807, 2.05) is 6.92 Å². The summed E-state index contributed by atoms with van der Waals surface area (Å²) in [5.41, 5.74) is 1.34. The number of urea groups is 1. The lowest BCUT2D eigenvalue weighted by Crippen LogP contribution is -2.46. The highest BCUT2D eigenvalue weighted by Crippen LogP contribution is 2.34. The fourth-order valence-electron chi connectivity index (χ4n) is 3.68.